The molecular weight excluding hydrogens is 344 g/mol. The Hall–Kier alpha value is -2.69. The Balaban J connectivity index is 1.87. The van der Waals surface area contributed by atoms with Gasteiger partial charge in [-0.2, -0.15) is 0 Å². The van der Waals surface area contributed by atoms with Crippen molar-refractivity contribution < 1.29 is 0 Å². The highest BCUT2D eigenvalue weighted by molar-refractivity contribution is 7.31. The third-order valence-corrected chi connectivity index (χ3v) is 14.6. The predicted octanol–water partition coefficient (Wildman–Crippen LogP) is 0.207. The molecule has 3 aliphatic rings. The summed E-state index contributed by atoms with van der Waals surface area (Å²) in [4.78, 5) is 0. The summed E-state index contributed by atoms with van der Waals surface area (Å²) in [7, 11) is -3.10. The molecular formula is C24H17Si2. The Kier molecular flexibility index (Phi) is 2.87. The molecule has 0 aromatic heterocycles. The third kappa shape index (κ3) is 1.59. The van der Waals surface area contributed by atoms with Gasteiger partial charge in [0.25, 0.3) is 0 Å². The number of hydrogen-bond acceptors (Lipinski definition) is 0. The maximum absolute atomic E-state index is 2.42. The van der Waals surface area contributed by atoms with E-state index in [9.17, 15) is 0 Å². The van der Waals surface area contributed by atoms with Gasteiger partial charge in [-0.3, -0.25) is 0 Å². The summed E-state index contributed by atoms with van der Waals surface area (Å²) < 4.78 is 0. The second kappa shape index (κ2) is 5.16. The van der Waals surface area contributed by atoms with Crippen LogP contribution < -0.4 is 36.3 Å². The molecule has 26 heavy (non-hydrogen) atoms. The lowest BCUT2D eigenvalue weighted by molar-refractivity contribution is 1.66. The first-order valence-corrected chi connectivity index (χ1v) is 12.6. The van der Waals surface area contributed by atoms with Crippen molar-refractivity contribution in [2.45, 2.75) is 0 Å². The SMILES string of the molecule is c1ccc([Si]23c4ccccc4[Si](c4ccccc42)c2ccccc23)cc1. The molecule has 0 aliphatic carbocycles. The zero-order valence-corrected chi connectivity index (χ0v) is 16.3. The van der Waals surface area contributed by atoms with E-state index in [1.807, 2.05) is 0 Å². The highest BCUT2D eigenvalue weighted by atomic mass is 28.3. The van der Waals surface area contributed by atoms with Crippen LogP contribution in [0.25, 0.3) is 0 Å². The zero-order valence-electron chi connectivity index (χ0n) is 14.3. The summed E-state index contributed by atoms with van der Waals surface area (Å²) in [5, 5.41) is 11.2. The van der Waals surface area contributed by atoms with Gasteiger partial charge in [-0.25, -0.2) is 0 Å². The van der Waals surface area contributed by atoms with E-state index < -0.39 is 16.9 Å². The molecule has 0 amide bonds. The topological polar surface area (TPSA) is 0 Å². The molecule has 0 fully saturated rings. The lowest BCUT2D eigenvalue weighted by atomic mass is 10.3. The van der Waals surface area contributed by atoms with Crippen LogP contribution in [-0.2, 0) is 0 Å². The largest absolute Gasteiger partial charge is 0.179 e. The molecule has 4 aromatic rings. The average molecular weight is 362 g/mol. The molecule has 4 aromatic carbocycles. The van der Waals surface area contributed by atoms with Crippen LogP contribution in [0.1, 0.15) is 0 Å². The van der Waals surface area contributed by atoms with Gasteiger partial charge in [-0.15, -0.1) is 0 Å². The highest BCUT2D eigenvalue weighted by Crippen LogP contribution is 2.15. The van der Waals surface area contributed by atoms with E-state index in [2.05, 4.69) is 103 Å². The van der Waals surface area contributed by atoms with E-state index in [-0.39, 0.29) is 0 Å². The number of hydrogen-bond donors (Lipinski definition) is 0. The van der Waals surface area contributed by atoms with E-state index >= 15 is 0 Å². The number of rotatable bonds is 1. The quantitative estimate of drug-likeness (QED) is 0.367. The van der Waals surface area contributed by atoms with Crippen LogP contribution in [0.2, 0.25) is 0 Å². The molecule has 121 valence electrons. The zero-order chi connectivity index (χ0) is 17.1. The fraction of sp³-hybridized carbons (Fsp3) is 0. The van der Waals surface area contributed by atoms with Gasteiger partial charge >= 0.3 is 0 Å². The molecule has 0 N–H and O–H groups in total. The van der Waals surface area contributed by atoms with Crippen molar-refractivity contribution in [3.63, 3.8) is 0 Å². The van der Waals surface area contributed by atoms with Crippen molar-refractivity contribution in [2.24, 2.45) is 0 Å². The minimum Gasteiger partial charge on any atom is -0.0625 e. The molecule has 0 atom stereocenters. The molecule has 0 unspecified atom stereocenters. The maximum atomic E-state index is 2.42. The minimum absolute atomic E-state index is 0.902. The number of benzene rings is 4. The molecule has 0 spiro atoms. The molecule has 3 heterocycles. The van der Waals surface area contributed by atoms with Crippen molar-refractivity contribution in [3.05, 3.63) is 103 Å². The van der Waals surface area contributed by atoms with Gasteiger partial charge < -0.3 is 0 Å². The predicted molar refractivity (Wildman–Crippen MR) is 115 cm³/mol. The first-order valence-electron chi connectivity index (χ1n) is 9.14. The highest BCUT2D eigenvalue weighted by Gasteiger charge is 2.54. The average Bonchev–Trinajstić information content (AvgIpc) is 2.74. The molecule has 7 rings (SSSR count). The Bertz CT molecular complexity index is 1030. The van der Waals surface area contributed by atoms with Crippen LogP contribution in [0.15, 0.2) is 103 Å². The second-order valence-electron chi connectivity index (χ2n) is 7.13. The first-order chi connectivity index (χ1) is 12.9. The van der Waals surface area contributed by atoms with Gasteiger partial charge in [0.15, 0.2) is 16.9 Å². The Morgan fingerprint density at radius 2 is 0.808 bits per heavy atom. The van der Waals surface area contributed by atoms with Gasteiger partial charge in [0.05, 0.1) is 0 Å². The van der Waals surface area contributed by atoms with Crippen molar-refractivity contribution in [1.29, 1.82) is 0 Å². The normalized spacial score (nSPS) is 15.8. The summed E-state index contributed by atoms with van der Waals surface area (Å²) in [5.41, 5.74) is 0. The van der Waals surface area contributed by atoms with Crippen molar-refractivity contribution in [2.75, 3.05) is 0 Å². The van der Waals surface area contributed by atoms with Crippen LogP contribution >= 0.6 is 0 Å². The van der Waals surface area contributed by atoms with Crippen LogP contribution in [0.5, 0.6) is 0 Å². The van der Waals surface area contributed by atoms with E-state index in [1.54, 1.807) is 31.1 Å². The lowest BCUT2D eigenvalue weighted by Gasteiger charge is -2.49. The minimum atomic E-state index is -2.20. The summed E-state index contributed by atoms with van der Waals surface area (Å²) in [6.07, 6.45) is 0. The van der Waals surface area contributed by atoms with Gasteiger partial charge in [0.1, 0.15) is 0 Å². The molecule has 0 saturated carbocycles. The smallest absolute Gasteiger partial charge is 0.0625 e. The Morgan fingerprint density at radius 1 is 0.423 bits per heavy atom. The van der Waals surface area contributed by atoms with Crippen LogP contribution in [-0.4, -0.2) is 16.9 Å². The molecule has 2 heteroatoms. The van der Waals surface area contributed by atoms with E-state index in [0.29, 0.717) is 0 Å². The fourth-order valence-corrected chi connectivity index (χ4v) is 15.6. The summed E-state index contributed by atoms with van der Waals surface area (Å²) >= 11 is 0. The van der Waals surface area contributed by atoms with Gasteiger partial charge in [-0.1, -0.05) is 119 Å². The van der Waals surface area contributed by atoms with Crippen LogP contribution in [0.4, 0.5) is 0 Å². The molecule has 1 radical (unpaired) electrons. The van der Waals surface area contributed by atoms with Crippen molar-refractivity contribution >= 4 is 53.2 Å². The van der Waals surface area contributed by atoms with Gasteiger partial charge in [-0.05, 0) is 20.7 Å². The summed E-state index contributed by atoms with van der Waals surface area (Å²) in [5.74, 6) is 0. The third-order valence-electron chi connectivity index (χ3n) is 6.01. The van der Waals surface area contributed by atoms with Crippen LogP contribution in [0, 0.1) is 0 Å². The first kappa shape index (κ1) is 14.5. The fourth-order valence-electron chi connectivity index (χ4n) is 5.11. The standard InChI is InChI=1S/C24H17Si2/c1-2-10-18(11-3-1)26-22-15-7-4-12-19(22)25(20-13-5-8-16-23(20)26)21-14-6-9-17-24(21)26/h1-17H. The monoisotopic (exact) mass is 361 g/mol. The van der Waals surface area contributed by atoms with Gasteiger partial charge in [0, 0.05) is 0 Å². The molecule has 3 aliphatic heterocycles. The van der Waals surface area contributed by atoms with Crippen molar-refractivity contribution in [1.82, 2.24) is 0 Å². The van der Waals surface area contributed by atoms with Crippen LogP contribution in [0.3, 0.4) is 0 Å². The molecule has 0 saturated heterocycles. The second-order valence-corrected chi connectivity index (χ2v) is 13.2. The molecule has 2 bridgehead atoms. The van der Waals surface area contributed by atoms with Crippen molar-refractivity contribution in [3.8, 4) is 0 Å². The van der Waals surface area contributed by atoms with Gasteiger partial charge in [0.2, 0.25) is 0 Å². The van der Waals surface area contributed by atoms with E-state index in [4.69, 9.17) is 0 Å². The summed E-state index contributed by atoms with van der Waals surface area (Å²) in [6.45, 7) is 0. The molecule has 0 nitrogen and oxygen atoms in total. The summed E-state index contributed by atoms with van der Waals surface area (Å²) in [6, 6.07) is 39.2. The van der Waals surface area contributed by atoms with E-state index in [0.717, 1.165) is 0 Å². The Labute approximate surface area is 156 Å². The van der Waals surface area contributed by atoms with E-state index in [1.165, 1.54) is 5.19 Å². The Morgan fingerprint density at radius 3 is 1.27 bits per heavy atom. The lowest BCUT2D eigenvalue weighted by Crippen LogP contribution is -2.93. The maximum Gasteiger partial charge on any atom is 0.179 e.